The molecule has 4 nitrogen and oxygen atoms in total. The van der Waals surface area contributed by atoms with Gasteiger partial charge in [0.2, 0.25) is 0 Å². The Hall–Kier alpha value is -1.43. The van der Waals surface area contributed by atoms with Gasteiger partial charge in [-0.3, -0.25) is 4.90 Å². The number of nitrogens with zero attached hydrogens (tertiary/aromatic N) is 2. The molecule has 0 aliphatic carbocycles. The van der Waals surface area contributed by atoms with Crippen molar-refractivity contribution in [2.75, 3.05) is 13.1 Å². The number of likely N-dealkylation sites (tertiary alicyclic amines) is 1. The second-order valence-electron chi connectivity index (χ2n) is 9.72. The Bertz CT molecular complexity index is 779. The zero-order chi connectivity index (χ0) is 20.0. The van der Waals surface area contributed by atoms with E-state index in [2.05, 4.69) is 64.0 Å². The molecule has 0 bridgehead atoms. The number of hydrogen-bond acceptors (Lipinski definition) is 5. The number of rotatable bonds is 3. The van der Waals surface area contributed by atoms with Gasteiger partial charge in [-0.2, -0.15) is 0 Å². The number of benzene rings is 1. The summed E-state index contributed by atoms with van der Waals surface area (Å²) >= 11 is 1.67. The highest BCUT2D eigenvalue weighted by Crippen LogP contribution is 2.42. The van der Waals surface area contributed by atoms with Gasteiger partial charge in [0.05, 0.1) is 18.3 Å². The first-order chi connectivity index (χ1) is 12.4. The molecule has 0 radical (unpaired) electrons. The van der Waals surface area contributed by atoms with Crippen LogP contribution in [0.2, 0.25) is 0 Å². The van der Waals surface area contributed by atoms with E-state index in [1.54, 1.807) is 11.3 Å². The molecule has 1 aliphatic heterocycles. The molecule has 0 amide bonds. The minimum atomic E-state index is -0.204. The molecule has 1 fully saturated rings. The van der Waals surface area contributed by atoms with Crippen molar-refractivity contribution in [3.05, 3.63) is 33.6 Å². The quantitative estimate of drug-likeness (QED) is 0.802. The van der Waals surface area contributed by atoms with Crippen LogP contribution < -0.4 is 0 Å². The number of aromatic nitrogens is 1. The molecule has 2 heterocycles. The summed E-state index contributed by atoms with van der Waals surface area (Å²) in [4.78, 5) is 7.11. The van der Waals surface area contributed by atoms with Crippen LogP contribution >= 0.6 is 11.3 Å². The topological polar surface area (TPSA) is 56.6 Å². The lowest BCUT2D eigenvalue weighted by molar-refractivity contribution is 0.175. The summed E-state index contributed by atoms with van der Waals surface area (Å²) in [6.45, 7) is 15.2. The van der Waals surface area contributed by atoms with Crippen molar-refractivity contribution in [3.63, 3.8) is 0 Å². The van der Waals surface area contributed by atoms with E-state index in [1.165, 1.54) is 0 Å². The molecule has 1 aromatic heterocycles. The average molecular weight is 389 g/mol. The van der Waals surface area contributed by atoms with Gasteiger partial charge in [0.1, 0.15) is 10.8 Å². The van der Waals surface area contributed by atoms with Gasteiger partial charge in [0.15, 0.2) is 0 Å². The molecule has 1 aromatic carbocycles. The maximum atomic E-state index is 10.9. The Morgan fingerprint density at radius 3 is 2.19 bits per heavy atom. The van der Waals surface area contributed by atoms with Gasteiger partial charge in [-0.05, 0) is 29.4 Å². The lowest BCUT2D eigenvalue weighted by Gasteiger charge is -2.28. The van der Waals surface area contributed by atoms with Gasteiger partial charge < -0.3 is 10.2 Å². The van der Waals surface area contributed by atoms with Crippen molar-refractivity contribution >= 4 is 11.3 Å². The number of aromatic hydroxyl groups is 1. The highest BCUT2D eigenvalue weighted by Gasteiger charge is 2.27. The van der Waals surface area contributed by atoms with Gasteiger partial charge in [-0.1, -0.05) is 41.5 Å². The Balaban J connectivity index is 1.97. The average Bonchev–Trinajstić information content (AvgIpc) is 3.15. The summed E-state index contributed by atoms with van der Waals surface area (Å²) in [7, 11) is 0. The number of hydrogen-bond donors (Lipinski definition) is 2. The summed E-state index contributed by atoms with van der Waals surface area (Å²) in [5.74, 6) is 0.403. The third-order valence-corrected chi connectivity index (χ3v) is 6.01. The van der Waals surface area contributed by atoms with Crippen molar-refractivity contribution in [2.24, 2.45) is 0 Å². The van der Waals surface area contributed by atoms with Crippen LogP contribution in [0.1, 0.15) is 64.1 Å². The Kier molecular flexibility index (Phi) is 5.41. The standard InChI is InChI=1S/C22H32N2O2S/c1-21(2,3)16-9-14(10-17(20(16)26)22(4,5)6)18-13-27-19(23-18)12-24-8-7-15(25)11-24/h9-10,13,15,25-26H,7-8,11-12H2,1-6H3. The predicted molar refractivity (Wildman–Crippen MR) is 113 cm³/mol. The van der Waals surface area contributed by atoms with Crippen molar-refractivity contribution in [3.8, 4) is 17.0 Å². The van der Waals surface area contributed by atoms with Crippen molar-refractivity contribution < 1.29 is 10.2 Å². The second-order valence-corrected chi connectivity index (χ2v) is 10.7. The van der Waals surface area contributed by atoms with Gasteiger partial charge >= 0.3 is 0 Å². The first-order valence-electron chi connectivity index (χ1n) is 9.68. The zero-order valence-electron chi connectivity index (χ0n) is 17.3. The van der Waals surface area contributed by atoms with Crippen LogP contribution in [0.5, 0.6) is 5.75 Å². The molecule has 148 valence electrons. The van der Waals surface area contributed by atoms with Crippen LogP contribution in [0.4, 0.5) is 0 Å². The van der Waals surface area contributed by atoms with E-state index in [0.717, 1.165) is 53.4 Å². The molecule has 1 saturated heterocycles. The maximum absolute atomic E-state index is 10.9. The molecule has 0 spiro atoms. The van der Waals surface area contributed by atoms with E-state index in [9.17, 15) is 10.2 Å². The highest BCUT2D eigenvalue weighted by atomic mass is 32.1. The Morgan fingerprint density at radius 2 is 1.70 bits per heavy atom. The molecule has 5 heteroatoms. The summed E-state index contributed by atoms with van der Waals surface area (Å²) in [6, 6.07) is 4.17. The molecule has 0 saturated carbocycles. The largest absolute Gasteiger partial charge is 0.507 e. The maximum Gasteiger partial charge on any atom is 0.123 e. The monoisotopic (exact) mass is 388 g/mol. The molecule has 1 atom stereocenters. The zero-order valence-corrected chi connectivity index (χ0v) is 18.2. The minimum absolute atomic E-state index is 0.148. The molecule has 2 aromatic rings. The number of β-amino-alcohol motifs (C(OH)–C–C–N with tert-alkyl or cyclic N) is 1. The number of phenols is 1. The number of phenolic OH excluding ortho intramolecular Hbond substituents is 1. The number of thiazole rings is 1. The van der Waals surface area contributed by atoms with E-state index < -0.39 is 0 Å². The molecule has 3 rings (SSSR count). The van der Waals surface area contributed by atoms with E-state index in [-0.39, 0.29) is 16.9 Å². The van der Waals surface area contributed by atoms with Gasteiger partial charge in [-0.15, -0.1) is 11.3 Å². The van der Waals surface area contributed by atoms with E-state index >= 15 is 0 Å². The molecule has 1 unspecified atom stereocenters. The highest BCUT2D eigenvalue weighted by molar-refractivity contribution is 7.09. The van der Waals surface area contributed by atoms with Gasteiger partial charge in [0.25, 0.3) is 0 Å². The summed E-state index contributed by atoms with van der Waals surface area (Å²) in [5, 5.41) is 23.8. The minimum Gasteiger partial charge on any atom is -0.507 e. The SMILES string of the molecule is CC(C)(C)c1cc(-c2csc(CN3CCC(O)C3)n2)cc(C(C)(C)C)c1O. The van der Waals surface area contributed by atoms with Crippen molar-refractivity contribution in [1.82, 2.24) is 9.88 Å². The summed E-state index contributed by atoms with van der Waals surface area (Å²) in [5.41, 5.74) is 3.65. The second kappa shape index (κ2) is 7.19. The third-order valence-electron chi connectivity index (χ3n) is 5.18. The van der Waals surface area contributed by atoms with Crippen LogP contribution in [-0.4, -0.2) is 39.3 Å². The smallest absolute Gasteiger partial charge is 0.123 e. The molecule has 27 heavy (non-hydrogen) atoms. The van der Waals surface area contributed by atoms with Crippen LogP contribution in [0.25, 0.3) is 11.3 Å². The first-order valence-corrected chi connectivity index (χ1v) is 10.6. The molecule has 2 N–H and O–H groups in total. The summed E-state index contributed by atoms with van der Waals surface area (Å²) < 4.78 is 0. The van der Waals surface area contributed by atoms with Crippen molar-refractivity contribution in [2.45, 2.75) is 71.4 Å². The fraction of sp³-hybridized carbons (Fsp3) is 0.591. The lowest BCUT2D eigenvalue weighted by atomic mass is 9.78. The van der Waals surface area contributed by atoms with E-state index in [4.69, 9.17) is 4.98 Å². The fourth-order valence-electron chi connectivity index (χ4n) is 3.59. The normalized spacial score (nSPS) is 19.0. The Labute approximate surface area is 166 Å². The molecular formula is C22H32N2O2S. The van der Waals surface area contributed by atoms with Crippen LogP contribution in [0.15, 0.2) is 17.5 Å². The first kappa shape index (κ1) is 20.3. The lowest BCUT2D eigenvalue weighted by Crippen LogP contribution is -2.21. The predicted octanol–water partition coefficient (Wildman–Crippen LogP) is 4.68. The van der Waals surface area contributed by atoms with Gasteiger partial charge in [0, 0.05) is 35.2 Å². The van der Waals surface area contributed by atoms with Crippen LogP contribution in [-0.2, 0) is 17.4 Å². The van der Waals surface area contributed by atoms with Gasteiger partial charge in [-0.25, -0.2) is 4.98 Å². The molecule has 1 aliphatic rings. The number of aliphatic hydroxyl groups excluding tert-OH is 1. The van der Waals surface area contributed by atoms with Crippen LogP contribution in [0.3, 0.4) is 0 Å². The summed E-state index contributed by atoms with van der Waals surface area (Å²) in [6.07, 6.45) is 0.644. The van der Waals surface area contributed by atoms with Crippen molar-refractivity contribution in [1.29, 1.82) is 0 Å². The van der Waals surface area contributed by atoms with E-state index in [1.807, 2.05) is 0 Å². The number of aliphatic hydroxyl groups is 1. The Morgan fingerprint density at radius 1 is 1.11 bits per heavy atom. The third kappa shape index (κ3) is 4.53. The molecular weight excluding hydrogens is 356 g/mol. The fourth-order valence-corrected chi connectivity index (χ4v) is 4.43. The van der Waals surface area contributed by atoms with E-state index in [0.29, 0.717) is 5.75 Å². The van der Waals surface area contributed by atoms with Crippen LogP contribution in [0, 0.1) is 0 Å².